The van der Waals surface area contributed by atoms with E-state index >= 15 is 0 Å². The highest BCUT2D eigenvalue weighted by molar-refractivity contribution is 5.90. The van der Waals surface area contributed by atoms with Crippen LogP contribution >= 0.6 is 0 Å². The summed E-state index contributed by atoms with van der Waals surface area (Å²) in [7, 11) is 2.74. The van der Waals surface area contributed by atoms with Gasteiger partial charge in [-0.25, -0.2) is 9.59 Å². The summed E-state index contributed by atoms with van der Waals surface area (Å²) in [5.74, 6) is -0.741. The van der Waals surface area contributed by atoms with E-state index in [4.69, 9.17) is 4.74 Å². The third kappa shape index (κ3) is 4.50. The van der Waals surface area contributed by atoms with Gasteiger partial charge in [-0.05, 0) is 19.3 Å². The fourth-order valence-corrected chi connectivity index (χ4v) is 2.96. The van der Waals surface area contributed by atoms with Gasteiger partial charge in [0.2, 0.25) is 0 Å². The van der Waals surface area contributed by atoms with Gasteiger partial charge < -0.3 is 19.3 Å². The van der Waals surface area contributed by atoms with Crippen molar-refractivity contribution in [1.82, 2.24) is 9.80 Å². The van der Waals surface area contributed by atoms with Crippen LogP contribution in [0.2, 0.25) is 0 Å². The van der Waals surface area contributed by atoms with E-state index in [1.165, 1.54) is 20.3 Å². The molecule has 2 unspecified atom stereocenters. The Morgan fingerprint density at radius 3 is 2.35 bits per heavy atom. The van der Waals surface area contributed by atoms with E-state index in [0.29, 0.717) is 5.57 Å². The average molecular weight is 324 g/mol. The Morgan fingerprint density at radius 2 is 1.87 bits per heavy atom. The van der Waals surface area contributed by atoms with Crippen LogP contribution in [0.3, 0.4) is 0 Å². The Hall–Kier alpha value is -1.98. The fourth-order valence-electron chi connectivity index (χ4n) is 2.96. The zero-order valence-corrected chi connectivity index (χ0v) is 14.7. The molecule has 0 radical (unpaired) electrons. The van der Waals surface area contributed by atoms with E-state index in [0.717, 1.165) is 25.8 Å². The molecule has 0 aromatic heterocycles. The lowest BCUT2D eigenvalue weighted by Crippen LogP contribution is -2.53. The van der Waals surface area contributed by atoms with Crippen LogP contribution in [0, 0.1) is 0 Å². The van der Waals surface area contributed by atoms with Crippen molar-refractivity contribution < 1.29 is 19.1 Å². The van der Waals surface area contributed by atoms with Crippen molar-refractivity contribution in [2.24, 2.45) is 0 Å². The van der Waals surface area contributed by atoms with Crippen molar-refractivity contribution in [3.8, 4) is 0 Å². The first-order chi connectivity index (χ1) is 11.0. The van der Waals surface area contributed by atoms with Crippen LogP contribution in [0.1, 0.15) is 40.0 Å². The van der Waals surface area contributed by atoms with Crippen LogP contribution in [0.5, 0.6) is 0 Å². The maximum Gasteiger partial charge on any atom is 0.337 e. The maximum atomic E-state index is 12.2. The zero-order chi connectivity index (χ0) is 17.4. The van der Waals surface area contributed by atoms with Crippen LogP contribution in [-0.2, 0) is 19.1 Å². The van der Waals surface area contributed by atoms with Gasteiger partial charge in [0.05, 0.1) is 25.8 Å². The molecule has 0 saturated carbocycles. The first kappa shape index (κ1) is 19.1. The van der Waals surface area contributed by atoms with Gasteiger partial charge in [-0.1, -0.05) is 20.8 Å². The van der Waals surface area contributed by atoms with E-state index in [1.807, 2.05) is 13.1 Å². The van der Waals surface area contributed by atoms with Crippen LogP contribution in [0.15, 0.2) is 24.0 Å². The first-order valence-corrected chi connectivity index (χ1v) is 8.13. The largest absolute Gasteiger partial charge is 0.466 e. The Balaban J connectivity index is 3.25. The molecule has 1 rings (SSSR count). The lowest BCUT2D eigenvalue weighted by molar-refractivity contribution is -0.137. The van der Waals surface area contributed by atoms with Gasteiger partial charge in [-0.3, -0.25) is 0 Å². The van der Waals surface area contributed by atoms with Crippen LogP contribution in [0.4, 0.5) is 0 Å². The van der Waals surface area contributed by atoms with Crippen molar-refractivity contribution >= 4 is 11.9 Å². The highest BCUT2D eigenvalue weighted by atomic mass is 16.5. The molecule has 6 heteroatoms. The minimum absolute atomic E-state index is 0.0919. The predicted octanol–water partition coefficient (Wildman–Crippen LogP) is 2.27. The van der Waals surface area contributed by atoms with Crippen molar-refractivity contribution in [1.29, 1.82) is 0 Å². The topological polar surface area (TPSA) is 59.1 Å². The SMILES string of the molecule is CCCN1C=C(C(=O)OC)C(CC)N(/C=C/C(=O)OC)C1CC. The number of esters is 2. The Morgan fingerprint density at radius 1 is 1.17 bits per heavy atom. The van der Waals surface area contributed by atoms with Crippen LogP contribution in [0.25, 0.3) is 0 Å². The van der Waals surface area contributed by atoms with Crippen molar-refractivity contribution in [2.75, 3.05) is 20.8 Å². The number of nitrogens with zero attached hydrogens (tertiary/aromatic N) is 2. The summed E-state index contributed by atoms with van der Waals surface area (Å²) in [5, 5.41) is 0. The molecule has 0 aliphatic carbocycles. The molecule has 23 heavy (non-hydrogen) atoms. The standard InChI is InChI=1S/C17H28N2O4/c1-6-10-18-12-13(17(21)23-5)14(7-2)19(15(18)8-3)11-9-16(20)22-4/h9,11-12,14-15H,6-8,10H2,1-5H3/b11-9+. The van der Waals surface area contributed by atoms with E-state index < -0.39 is 5.97 Å². The summed E-state index contributed by atoms with van der Waals surface area (Å²) in [6, 6.07) is -0.124. The summed E-state index contributed by atoms with van der Waals surface area (Å²) in [4.78, 5) is 27.8. The molecule has 1 heterocycles. The van der Waals surface area contributed by atoms with Gasteiger partial charge in [0.15, 0.2) is 0 Å². The second-order valence-corrected chi connectivity index (χ2v) is 5.41. The molecule has 0 amide bonds. The summed E-state index contributed by atoms with van der Waals surface area (Å²) in [6.45, 7) is 7.04. The van der Waals surface area contributed by atoms with Crippen LogP contribution < -0.4 is 0 Å². The van der Waals surface area contributed by atoms with Gasteiger partial charge in [0, 0.05) is 25.0 Å². The number of hydrogen-bond donors (Lipinski definition) is 0. The number of methoxy groups -OCH3 is 2. The molecule has 130 valence electrons. The number of carbonyl (C=O) groups excluding carboxylic acids is 2. The normalized spacial score (nSPS) is 21.3. The van der Waals surface area contributed by atoms with E-state index in [2.05, 4.69) is 28.4 Å². The first-order valence-electron chi connectivity index (χ1n) is 8.13. The third-order valence-electron chi connectivity index (χ3n) is 3.99. The Bertz CT molecular complexity index is 473. The average Bonchev–Trinajstić information content (AvgIpc) is 2.58. The molecule has 1 aliphatic heterocycles. The van der Waals surface area contributed by atoms with Gasteiger partial charge in [0.25, 0.3) is 0 Å². The number of carbonyl (C=O) groups is 2. The molecule has 0 saturated heterocycles. The summed E-state index contributed by atoms with van der Waals surface area (Å²) >= 11 is 0. The lowest BCUT2D eigenvalue weighted by atomic mass is 9.99. The molecule has 0 aromatic rings. The summed E-state index contributed by atoms with van der Waals surface area (Å²) < 4.78 is 9.61. The predicted molar refractivity (Wildman–Crippen MR) is 88.2 cm³/mol. The summed E-state index contributed by atoms with van der Waals surface area (Å²) in [6.07, 6.45) is 7.71. The molecule has 0 fully saturated rings. The zero-order valence-electron chi connectivity index (χ0n) is 14.7. The second kappa shape index (κ2) is 9.22. The maximum absolute atomic E-state index is 12.2. The third-order valence-corrected chi connectivity index (χ3v) is 3.99. The highest BCUT2D eigenvalue weighted by Gasteiger charge is 2.35. The number of ether oxygens (including phenoxy) is 2. The van der Waals surface area contributed by atoms with Gasteiger partial charge in [-0.15, -0.1) is 0 Å². The van der Waals surface area contributed by atoms with Crippen molar-refractivity contribution in [3.05, 3.63) is 24.0 Å². The summed E-state index contributed by atoms with van der Waals surface area (Å²) in [5.41, 5.74) is 0.614. The lowest BCUT2D eigenvalue weighted by Gasteiger charge is -2.47. The highest BCUT2D eigenvalue weighted by Crippen LogP contribution is 2.29. The number of hydrogen-bond acceptors (Lipinski definition) is 6. The monoisotopic (exact) mass is 324 g/mol. The Labute approximate surface area is 138 Å². The molecule has 0 bridgehead atoms. The van der Waals surface area contributed by atoms with E-state index in [1.54, 1.807) is 6.20 Å². The van der Waals surface area contributed by atoms with Gasteiger partial charge in [0.1, 0.15) is 6.17 Å². The Kier molecular flexibility index (Phi) is 7.65. The minimum atomic E-state index is -0.411. The molecule has 6 nitrogen and oxygen atoms in total. The smallest absolute Gasteiger partial charge is 0.337 e. The van der Waals surface area contributed by atoms with E-state index in [9.17, 15) is 9.59 Å². The molecule has 0 spiro atoms. The molecular weight excluding hydrogens is 296 g/mol. The second-order valence-electron chi connectivity index (χ2n) is 5.41. The molecule has 1 aliphatic rings. The van der Waals surface area contributed by atoms with Crippen molar-refractivity contribution in [3.63, 3.8) is 0 Å². The van der Waals surface area contributed by atoms with Crippen molar-refractivity contribution in [2.45, 2.75) is 52.2 Å². The number of rotatable bonds is 7. The van der Waals surface area contributed by atoms with Gasteiger partial charge >= 0.3 is 11.9 Å². The molecule has 2 atom stereocenters. The molecule has 0 aromatic carbocycles. The quantitative estimate of drug-likeness (QED) is 0.529. The molecular formula is C17H28N2O4. The molecule has 0 N–H and O–H groups in total. The van der Waals surface area contributed by atoms with Gasteiger partial charge in [-0.2, -0.15) is 0 Å². The minimum Gasteiger partial charge on any atom is -0.466 e. The van der Waals surface area contributed by atoms with Crippen LogP contribution in [-0.4, -0.2) is 54.7 Å². The fraction of sp³-hybridized carbons (Fsp3) is 0.647. The van der Waals surface area contributed by atoms with E-state index in [-0.39, 0.29) is 18.2 Å².